The molecule has 1 aliphatic heterocycles. The molecule has 2 N–H and O–H groups in total. The number of hydrogen-bond acceptors (Lipinski definition) is 2. The number of rotatable bonds is 5. The van der Waals surface area contributed by atoms with Crippen LogP contribution in [0, 0.1) is 11.6 Å². The fourth-order valence-electron chi connectivity index (χ4n) is 2.75. The van der Waals surface area contributed by atoms with E-state index in [1.165, 1.54) is 37.8 Å². The maximum Gasteiger partial charge on any atom is 0.159 e. The Morgan fingerprint density at radius 1 is 1.25 bits per heavy atom. The van der Waals surface area contributed by atoms with E-state index in [9.17, 15) is 8.78 Å². The van der Waals surface area contributed by atoms with Gasteiger partial charge in [0.25, 0.3) is 0 Å². The maximum absolute atomic E-state index is 13.1. The summed E-state index contributed by atoms with van der Waals surface area (Å²) < 4.78 is 26.0. The minimum absolute atomic E-state index is 0.360. The van der Waals surface area contributed by atoms with Crippen LogP contribution in [0.5, 0.6) is 0 Å². The molecule has 4 heteroatoms. The van der Waals surface area contributed by atoms with E-state index in [-0.39, 0.29) is 0 Å². The van der Waals surface area contributed by atoms with Crippen molar-refractivity contribution < 1.29 is 8.78 Å². The third-order valence-electron chi connectivity index (χ3n) is 3.94. The summed E-state index contributed by atoms with van der Waals surface area (Å²) >= 11 is 0. The molecule has 0 aliphatic carbocycles. The molecular formula is C16H24F2N2. The number of hydrogen-bond donors (Lipinski definition) is 2. The molecular weight excluding hydrogens is 258 g/mol. The Balaban J connectivity index is 1.76. The van der Waals surface area contributed by atoms with Crippen LogP contribution in [-0.2, 0) is 6.54 Å². The standard InChI is InChI=1S/C16H24F2N2/c1-12(9-14-5-3-2-4-8-19-14)20-11-13-6-7-15(17)16(18)10-13/h6-7,10,12,14,19-20H,2-5,8-9,11H2,1H3. The number of benzene rings is 1. The Bertz CT molecular complexity index is 415. The highest BCUT2D eigenvalue weighted by molar-refractivity contribution is 5.17. The lowest BCUT2D eigenvalue weighted by atomic mass is 10.0. The second-order valence-corrected chi connectivity index (χ2v) is 5.77. The largest absolute Gasteiger partial charge is 0.314 e. The van der Waals surface area contributed by atoms with E-state index in [2.05, 4.69) is 17.6 Å². The van der Waals surface area contributed by atoms with Gasteiger partial charge in [0.2, 0.25) is 0 Å². The van der Waals surface area contributed by atoms with Crippen LogP contribution in [-0.4, -0.2) is 18.6 Å². The van der Waals surface area contributed by atoms with Crippen molar-refractivity contribution in [3.8, 4) is 0 Å². The lowest BCUT2D eigenvalue weighted by molar-refractivity contribution is 0.402. The quantitative estimate of drug-likeness (QED) is 0.865. The first-order chi connectivity index (χ1) is 9.65. The van der Waals surface area contributed by atoms with Crippen LogP contribution in [0.2, 0.25) is 0 Å². The van der Waals surface area contributed by atoms with Crippen molar-refractivity contribution in [1.29, 1.82) is 0 Å². The predicted molar refractivity (Wildman–Crippen MR) is 77.5 cm³/mol. The molecule has 1 heterocycles. The number of halogens is 2. The zero-order chi connectivity index (χ0) is 14.4. The second kappa shape index (κ2) is 7.70. The van der Waals surface area contributed by atoms with Gasteiger partial charge in [0, 0.05) is 18.6 Å². The van der Waals surface area contributed by atoms with Crippen LogP contribution < -0.4 is 10.6 Å². The Kier molecular flexibility index (Phi) is 5.92. The molecule has 112 valence electrons. The smallest absolute Gasteiger partial charge is 0.159 e. The molecule has 1 aromatic rings. The molecule has 1 saturated heterocycles. The molecule has 2 unspecified atom stereocenters. The lowest BCUT2D eigenvalue weighted by Gasteiger charge is -2.21. The molecule has 20 heavy (non-hydrogen) atoms. The average molecular weight is 282 g/mol. The first-order valence-electron chi connectivity index (χ1n) is 7.56. The minimum Gasteiger partial charge on any atom is -0.314 e. The zero-order valence-electron chi connectivity index (χ0n) is 12.1. The van der Waals surface area contributed by atoms with Gasteiger partial charge in [0.05, 0.1) is 0 Å². The van der Waals surface area contributed by atoms with Crippen molar-refractivity contribution in [2.45, 2.75) is 57.7 Å². The van der Waals surface area contributed by atoms with Crippen LogP contribution >= 0.6 is 0 Å². The molecule has 0 saturated carbocycles. The molecule has 0 aromatic heterocycles. The Morgan fingerprint density at radius 3 is 2.90 bits per heavy atom. The Labute approximate surface area is 120 Å². The Hall–Kier alpha value is -1.00. The van der Waals surface area contributed by atoms with Crippen LogP contribution in [0.4, 0.5) is 8.78 Å². The van der Waals surface area contributed by atoms with Crippen molar-refractivity contribution in [3.63, 3.8) is 0 Å². The summed E-state index contributed by atoms with van der Waals surface area (Å²) in [5.41, 5.74) is 0.782. The summed E-state index contributed by atoms with van der Waals surface area (Å²) in [6, 6.07) is 5.01. The Morgan fingerprint density at radius 2 is 2.10 bits per heavy atom. The normalized spacial score (nSPS) is 21.4. The molecule has 0 bridgehead atoms. The minimum atomic E-state index is -0.788. The molecule has 0 radical (unpaired) electrons. The van der Waals surface area contributed by atoms with Gasteiger partial charge in [-0.1, -0.05) is 18.9 Å². The third-order valence-corrected chi connectivity index (χ3v) is 3.94. The van der Waals surface area contributed by atoms with Crippen LogP contribution in [0.15, 0.2) is 18.2 Å². The molecule has 2 atom stereocenters. The molecule has 1 aromatic carbocycles. The maximum atomic E-state index is 13.1. The molecule has 2 nitrogen and oxygen atoms in total. The van der Waals surface area contributed by atoms with E-state index >= 15 is 0 Å². The number of nitrogens with one attached hydrogen (secondary N) is 2. The second-order valence-electron chi connectivity index (χ2n) is 5.77. The first kappa shape index (κ1) is 15.4. The highest BCUT2D eigenvalue weighted by Crippen LogP contribution is 2.13. The summed E-state index contributed by atoms with van der Waals surface area (Å²) in [6.45, 7) is 3.83. The van der Waals surface area contributed by atoms with Gasteiger partial charge in [-0.3, -0.25) is 0 Å². The first-order valence-corrected chi connectivity index (χ1v) is 7.56. The van der Waals surface area contributed by atoms with Gasteiger partial charge in [-0.15, -0.1) is 0 Å². The molecule has 0 spiro atoms. The summed E-state index contributed by atoms with van der Waals surface area (Å²) in [7, 11) is 0. The van der Waals surface area contributed by atoms with Gasteiger partial charge in [-0.2, -0.15) is 0 Å². The van der Waals surface area contributed by atoms with E-state index in [1.807, 2.05) is 0 Å². The van der Waals surface area contributed by atoms with Gasteiger partial charge in [0.1, 0.15) is 0 Å². The SMILES string of the molecule is CC(CC1CCCCCN1)NCc1ccc(F)c(F)c1. The summed E-state index contributed by atoms with van der Waals surface area (Å²) in [6.07, 6.45) is 6.20. The topological polar surface area (TPSA) is 24.1 Å². The van der Waals surface area contributed by atoms with Crippen LogP contribution in [0.25, 0.3) is 0 Å². The summed E-state index contributed by atoms with van der Waals surface area (Å²) in [4.78, 5) is 0. The lowest BCUT2D eigenvalue weighted by Crippen LogP contribution is -2.36. The van der Waals surface area contributed by atoms with E-state index in [0.717, 1.165) is 18.5 Å². The van der Waals surface area contributed by atoms with Crippen molar-refractivity contribution in [2.75, 3.05) is 6.54 Å². The monoisotopic (exact) mass is 282 g/mol. The highest BCUT2D eigenvalue weighted by Gasteiger charge is 2.14. The van der Waals surface area contributed by atoms with E-state index in [4.69, 9.17) is 0 Å². The molecule has 1 fully saturated rings. The summed E-state index contributed by atoms with van der Waals surface area (Å²) in [5.74, 6) is -1.56. The van der Waals surface area contributed by atoms with Gasteiger partial charge >= 0.3 is 0 Å². The van der Waals surface area contributed by atoms with Crippen molar-refractivity contribution in [1.82, 2.24) is 10.6 Å². The molecule has 0 amide bonds. The molecule has 2 rings (SSSR count). The van der Waals surface area contributed by atoms with E-state index in [1.54, 1.807) is 6.07 Å². The van der Waals surface area contributed by atoms with Crippen molar-refractivity contribution >= 4 is 0 Å². The van der Waals surface area contributed by atoms with Crippen molar-refractivity contribution in [3.05, 3.63) is 35.4 Å². The predicted octanol–water partition coefficient (Wildman–Crippen LogP) is 3.37. The van der Waals surface area contributed by atoms with Gasteiger partial charge in [-0.25, -0.2) is 8.78 Å². The van der Waals surface area contributed by atoms with Gasteiger partial charge < -0.3 is 10.6 Å². The highest BCUT2D eigenvalue weighted by atomic mass is 19.2. The van der Waals surface area contributed by atoms with E-state index in [0.29, 0.717) is 18.6 Å². The average Bonchev–Trinajstić information content (AvgIpc) is 2.69. The fourth-order valence-corrected chi connectivity index (χ4v) is 2.75. The van der Waals surface area contributed by atoms with Gasteiger partial charge in [-0.05, 0) is 50.4 Å². The van der Waals surface area contributed by atoms with Crippen LogP contribution in [0.1, 0.15) is 44.6 Å². The molecule has 1 aliphatic rings. The zero-order valence-corrected chi connectivity index (χ0v) is 12.1. The third kappa shape index (κ3) is 4.84. The van der Waals surface area contributed by atoms with Gasteiger partial charge in [0.15, 0.2) is 11.6 Å². The fraction of sp³-hybridized carbons (Fsp3) is 0.625. The summed E-state index contributed by atoms with van der Waals surface area (Å²) in [5, 5.41) is 6.96. The van der Waals surface area contributed by atoms with E-state index < -0.39 is 11.6 Å². The van der Waals surface area contributed by atoms with Crippen molar-refractivity contribution in [2.24, 2.45) is 0 Å². The van der Waals surface area contributed by atoms with Crippen LogP contribution in [0.3, 0.4) is 0 Å².